The largest absolute Gasteiger partial charge is 0.507 e. The summed E-state index contributed by atoms with van der Waals surface area (Å²) in [6, 6.07) is 22.1. The second kappa shape index (κ2) is 13.4. The molecule has 1 unspecified atom stereocenters. The first-order chi connectivity index (χ1) is 20.4. The summed E-state index contributed by atoms with van der Waals surface area (Å²) in [4.78, 5) is 28.5. The van der Waals surface area contributed by atoms with Crippen LogP contribution in [0.5, 0.6) is 5.75 Å². The molecule has 1 amide bonds. The van der Waals surface area contributed by atoms with E-state index in [1.165, 1.54) is 28.0 Å². The maximum Gasteiger partial charge on any atom is 0.301 e. The standard InChI is InChI=1S/C33H33N3O4S2/c1-4-5-9-18-40-25-16-14-24(15-17-25)28-27(29(37)26-19-21(2)12-13-22(26)3)30(38)31(39)36(28)32-34-35-33(42-32)41-20-23-10-7-6-8-11-23/h6-8,10-17,19,28,37H,4-5,9,18,20H2,1-3H3. The molecule has 4 aromatic rings. The van der Waals surface area contributed by atoms with Gasteiger partial charge in [0.25, 0.3) is 5.78 Å². The first kappa shape index (κ1) is 29.5. The number of carbonyl (C=O) groups is 2. The van der Waals surface area contributed by atoms with E-state index in [0.29, 0.717) is 38.7 Å². The van der Waals surface area contributed by atoms with Gasteiger partial charge in [0.15, 0.2) is 4.34 Å². The van der Waals surface area contributed by atoms with Gasteiger partial charge >= 0.3 is 5.91 Å². The summed E-state index contributed by atoms with van der Waals surface area (Å²) >= 11 is 2.77. The van der Waals surface area contributed by atoms with Crippen molar-refractivity contribution in [3.8, 4) is 5.75 Å². The molecule has 42 heavy (non-hydrogen) atoms. The molecule has 1 saturated heterocycles. The van der Waals surface area contributed by atoms with Crippen molar-refractivity contribution in [3.05, 3.63) is 106 Å². The van der Waals surface area contributed by atoms with Crippen LogP contribution < -0.4 is 9.64 Å². The van der Waals surface area contributed by atoms with Crippen LogP contribution >= 0.6 is 23.1 Å². The van der Waals surface area contributed by atoms with Crippen molar-refractivity contribution >= 4 is 45.7 Å². The molecule has 1 aliphatic rings. The Hall–Kier alpha value is -3.95. The van der Waals surface area contributed by atoms with Crippen LogP contribution in [0.15, 0.2) is 82.7 Å². The number of aliphatic hydroxyl groups is 1. The number of carbonyl (C=O) groups excluding carboxylic acids is 2. The van der Waals surface area contributed by atoms with E-state index in [4.69, 9.17) is 4.74 Å². The number of benzene rings is 3. The minimum absolute atomic E-state index is 0.0269. The lowest BCUT2D eigenvalue weighted by atomic mass is 9.93. The summed E-state index contributed by atoms with van der Waals surface area (Å²) < 4.78 is 6.57. The number of aryl methyl sites for hydroxylation is 2. The van der Waals surface area contributed by atoms with Gasteiger partial charge < -0.3 is 9.84 Å². The van der Waals surface area contributed by atoms with Gasteiger partial charge in [0.05, 0.1) is 18.2 Å². The summed E-state index contributed by atoms with van der Waals surface area (Å²) in [7, 11) is 0. The van der Waals surface area contributed by atoms with Crippen LogP contribution in [0.4, 0.5) is 5.13 Å². The number of hydrogen-bond donors (Lipinski definition) is 1. The van der Waals surface area contributed by atoms with Crippen LogP contribution in [0, 0.1) is 13.8 Å². The lowest BCUT2D eigenvalue weighted by Crippen LogP contribution is -2.29. The molecule has 0 bridgehead atoms. The number of aliphatic hydroxyl groups excluding tert-OH is 1. The molecule has 3 aromatic carbocycles. The topological polar surface area (TPSA) is 92.6 Å². The Balaban J connectivity index is 1.52. The lowest BCUT2D eigenvalue weighted by molar-refractivity contribution is -0.132. The van der Waals surface area contributed by atoms with Crippen LogP contribution in [0.1, 0.15) is 60.0 Å². The number of amides is 1. The number of anilines is 1. The highest BCUT2D eigenvalue weighted by Crippen LogP contribution is 2.44. The molecule has 0 aliphatic carbocycles. The van der Waals surface area contributed by atoms with Gasteiger partial charge in [-0.3, -0.25) is 14.5 Å². The Morgan fingerprint density at radius 3 is 2.50 bits per heavy atom. The number of ketones is 1. The van der Waals surface area contributed by atoms with E-state index >= 15 is 0 Å². The van der Waals surface area contributed by atoms with Crippen molar-refractivity contribution in [3.63, 3.8) is 0 Å². The number of hydrogen-bond acceptors (Lipinski definition) is 8. The third-order valence-electron chi connectivity index (χ3n) is 7.11. The molecule has 5 rings (SSSR count). The van der Waals surface area contributed by atoms with Crippen molar-refractivity contribution in [2.45, 2.75) is 56.2 Å². The van der Waals surface area contributed by atoms with Gasteiger partial charge in [-0.05, 0) is 55.2 Å². The molecule has 9 heteroatoms. The number of aromatic nitrogens is 2. The molecule has 1 atom stereocenters. The van der Waals surface area contributed by atoms with Gasteiger partial charge in [0, 0.05) is 11.3 Å². The maximum absolute atomic E-state index is 13.6. The highest BCUT2D eigenvalue weighted by Gasteiger charge is 2.48. The molecule has 1 fully saturated rings. The quantitative estimate of drug-likeness (QED) is 0.0473. The minimum Gasteiger partial charge on any atom is -0.507 e. The number of unbranched alkanes of at least 4 members (excludes halogenated alkanes) is 2. The number of rotatable bonds is 11. The third-order valence-corrected chi connectivity index (χ3v) is 9.24. The molecule has 1 aliphatic heterocycles. The summed E-state index contributed by atoms with van der Waals surface area (Å²) in [5.74, 6) is -0.305. The van der Waals surface area contributed by atoms with Crippen LogP contribution in [0.25, 0.3) is 5.76 Å². The summed E-state index contributed by atoms with van der Waals surface area (Å²) in [5, 5.41) is 20.5. The first-order valence-corrected chi connectivity index (χ1v) is 15.8. The van der Waals surface area contributed by atoms with Crippen molar-refractivity contribution in [2.24, 2.45) is 0 Å². The first-order valence-electron chi connectivity index (χ1n) is 14.0. The molecule has 2 heterocycles. The minimum atomic E-state index is -0.876. The van der Waals surface area contributed by atoms with E-state index in [1.807, 2.05) is 86.6 Å². The van der Waals surface area contributed by atoms with Gasteiger partial charge in [0.2, 0.25) is 5.13 Å². The van der Waals surface area contributed by atoms with Crippen molar-refractivity contribution in [1.82, 2.24) is 10.2 Å². The average Bonchev–Trinajstić information content (AvgIpc) is 3.58. The zero-order chi connectivity index (χ0) is 29.6. The molecule has 0 saturated carbocycles. The molecule has 216 valence electrons. The van der Waals surface area contributed by atoms with Crippen LogP contribution in [0.3, 0.4) is 0 Å². The van der Waals surface area contributed by atoms with Crippen LogP contribution in [-0.2, 0) is 15.3 Å². The van der Waals surface area contributed by atoms with E-state index in [1.54, 1.807) is 0 Å². The van der Waals surface area contributed by atoms with Gasteiger partial charge in [-0.15, -0.1) is 10.2 Å². The zero-order valence-corrected chi connectivity index (χ0v) is 25.5. The van der Waals surface area contributed by atoms with E-state index < -0.39 is 17.7 Å². The zero-order valence-electron chi connectivity index (χ0n) is 23.9. The van der Waals surface area contributed by atoms with Crippen molar-refractivity contribution < 1.29 is 19.4 Å². The number of thioether (sulfide) groups is 1. The fraction of sp³-hybridized carbons (Fsp3) is 0.273. The fourth-order valence-electron chi connectivity index (χ4n) is 4.85. The van der Waals surface area contributed by atoms with Gasteiger partial charge in [-0.25, -0.2) is 0 Å². The number of nitrogens with zero attached hydrogens (tertiary/aromatic N) is 3. The molecule has 1 aromatic heterocycles. The van der Waals surface area contributed by atoms with Crippen molar-refractivity contribution in [1.29, 1.82) is 0 Å². The van der Waals surface area contributed by atoms with Crippen molar-refractivity contribution in [2.75, 3.05) is 11.5 Å². The van der Waals surface area contributed by atoms with E-state index in [-0.39, 0.29) is 11.3 Å². The SMILES string of the molecule is CCCCCOc1ccc(C2C(=C(O)c3cc(C)ccc3C)C(=O)C(=O)N2c2nnc(SCc3ccccc3)s2)cc1. The molecule has 7 nitrogen and oxygen atoms in total. The Kier molecular flexibility index (Phi) is 9.39. The van der Waals surface area contributed by atoms with Gasteiger partial charge in [-0.2, -0.15) is 0 Å². The maximum atomic E-state index is 13.6. The van der Waals surface area contributed by atoms with E-state index in [0.717, 1.165) is 36.0 Å². The molecular weight excluding hydrogens is 567 g/mol. The normalized spacial score (nSPS) is 16.3. The predicted octanol–water partition coefficient (Wildman–Crippen LogP) is 7.64. The number of ether oxygens (including phenoxy) is 1. The van der Waals surface area contributed by atoms with Gasteiger partial charge in [-0.1, -0.05) is 103 Å². The summed E-state index contributed by atoms with van der Waals surface area (Å²) in [6.45, 7) is 6.55. The smallest absolute Gasteiger partial charge is 0.301 e. The highest BCUT2D eigenvalue weighted by molar-refractivity contribution is 8.00. The average molecular weight is 600 g/mol. The van der Waals surface area contributed by atoms with Crippen LogP contribution in [0.2, 0.25) is 0 Å². The highest BCUT2D eigenvalue weighted by atomic mass is 32.2. The molecular formula is C33H33N3O4S2. The lowest BCUT2D eigenvalue weighted by Gasteiger charge is -2.23. The molecule has 0 radical (unpaired) electrons. The van der Waals surface area contributed by atoms with Gasteiger partial charge in [0.1, 0.15) is 11.5 Å². The third kappa shape index (κ3) is 6.42. The second-order valence-corrected chi connectivity index (χ2v) is 12.4. The monoisotopic (exact) mass is 599 g/mol. The fourth-order valence-corrected chi connectivity index (χ4v) is 6.67. The second-order valence-electron chi connectivity index (χ2n) is 10.2. The van der Waals surface area contributed by atoms with Crippen LogP contribution in [-0.4, -0.2) is 33.6 Å². The Bertz CT molecular complexity index is 1600. The Morgan fingerprint density at radius 1 is 1.00 bits per heavy atom. The summed E-state index contributed by atoms with van der Waals surface area (Å²) in [5.41, 5.74) is 4.08. The Morgan fingerprint density at radius 2 is 1.76 bits per heavy atom. The Labute approximate surface area is 254 Å². The number of Topliss-reactive ketones (excluding diaryl/α,β-unsaturated/α-hetero) is 1. The molecule has 0 spiro atoms. The predicted molar refractivity (Wildman–Crippen MR) is 168 cm³/mol. The van der Waals surface area contributed by atoms with E-state index in [9.17, 15) is 14.7 Å². The van der Waals surface area contributed by atoms with E-state index in [2.05, 4.69) is 17.1 Å². The summed E-state index contributed by atoms with van der Waals surface area (Å²) in [6.07, 6.45) is 3.17. The molecule has 1 N–H and O–H groups in total.